The molecule has 0 bridgehead atoms. The van der Waals surface area contributed by atoms with Gasteiger partial charge in [0.1, 0.15) is 0 Å². The Morgan fingerprint density at radius 1 is 0.652 bits per heavy atom. The second kappa shape index (κ2) is 13.1. The third kappa shape index (κ3) is 11.0. The molecule has 0 aliphatic heterocycles. The standard InChI is InChI=1S/C15H30O6P2/c1-5-18-22(16,19-6-2)14-12-10-9-11-13-15-23(17,20-7-3)21-8-4/h12-15H,5-11H2,1-4H3/b14-12+,15-13+. The van der Waals surface area contributed by atoms with E-state index in [-0.39, 0.29) is 0 Å². The van der Waals surface area contributed by atoms with E-state index >= 15 is 0 Å². The molecular formula is C15H30O6P2. The first kappa shape index (κ1) is 22.8. The van der Waals surface area contributed by atoms with Crippen LogP contribution in [0.3, 0.4) is 0 Å². The summed E-state index contributed by atoms with van der Waals surface area (Å²) in [6.07, 6.45) is 5.86. The minimum absolute atomic E-state index is 0.342. The maximum absolute atomic E-state index is 12.2. The van der Waals surface area contributed by atoms with Gasteiger partial charge in [-0.1, -0.05) is 12.2 Å². The van der Waals surface area contributed by atoms with Crippen LogP contribution in [0.5, 0.6) is 0 Å². The van der Waals surface area contributed by atoms with Crippen LogP contribution in [0.25, 0.3) is 0 Å². The molecule has 0 fully saturated rings. The first-order chi connectivity index (χ1) is 10.9. The Hall–Kier alpha value is -0.220. The summed E-state index contributed by atoms with van der Waals surface area (Å²) < 4.78 is 45.0. The van der Waals surface area contributed by atoms with Crippen molar-refractivity contribution >= 4 is 15.2 Å². The SMILES string of the molecule is CCOP(=O)(/C=C/CCC/C=C/P(=O)(OCC)OCC)OCC. The Morgan fingerprint density at radius 3 is 1.22 bits per heavy atom. The summed E-state index contributed by atoms with van der Waals surface area (Å²) in [7, 11) is -6.21. The zero-order valence-corrected chi connectivity index (χ0v) is 16.4. The van der Waals surface area contributed by atoms with Gasteiger partial charge in [0.05, 0.1) is 26.4 Å². The normalized spacial score (nSPS) is 13.4. The minimum atomic E-state index is -3.10. The van der Waals surface area contributed by atoms with Crippen molar-refractivity contribution in [1.82, 2.24) is 0 Å². The van der Waals surface area contributed by atoms with Crippen molar-refractivity contribution < 1.29 is 27.2 Å². The summed E-state index contributed by atoms with van der Waals surface area (Å²) in [6, 6.07) is 0. The molecule has 0 saturated heterocycles. The van der Waals surface area contributed by atoms with E-state index < -0.39 is 15.2 Å². The lowest BCUT2D eigenvalue weighted by Gasteiger charge is -2.12. The zero-order chi connectivity index (χ0) is 17.6. The van der Waals surface area contributed by atoms with Gasteiger partial charge in [-0.05, 0) is 47.0 Å². The Kier molecular flexibility index (Phi) is 13.0. The van der Waals surface area contributed by atoms with Crippen LogP contribution in [0.15, 0.2) is 23.8 Å². The second-order valence-corrected chi connectivity index (χ2v) is 8.24. The molecule has 0 N–H and O–H groups in total. The summed E-state index contributed by atoms with van der Waals surface area (Å²) in [5.74, 6) is 3.02. The van der Waals surface area contributed by atoms with Gasteiger partial charge in [0.2, 0.25) is 0 Å². The summed E-state index contributed by atoms with van der Waals surface area (Å²) >= 11 is 0. The molecular weight excluding hydrogens is 338 g/mol. The predicted octanol–water partition coefficient (Wildman–Crippen LogP) is 5.72. The van der Waals surface area contributed by atoms with E-state index in [0.717, 1.165) is 19.3 Å². The average molecular weight is 368 g/mol. The molecule has 6 nitrogen and oxygen atoms in total. The second-order valence-electron chi connectivity index (χ2n) is 4.45. The van der Waals surface area contributed by atoms with Crippen LogP contribution in [0.1, 0.15) is 47.0 Å². The van der Waals surface area contributed by atoms with Gasteiger partial charge >= 0.3 is 15.2 Å². The van der Waals surface area contributed by atoms with Crippen molar-refractivity contribution in [2.45, 2.75) is 47.0 Å². The van der Waals surface area contributed by atoms with Crippen molar-refractivity contribution in [2.24, 2.45) is 0 Å². The summed E-state index contributed by atoms with van der Waals surface area (Å²) in [5.41, 5.74) is 0. The summed E-state index contributed by atoms with van der Waals surface area (Å²) in [6.45, 7) is 8.48. The first-order valence-corrected chi connectivity index (χ1v) is 11.3. The molecule has 0 aromatic carbocycles. The summed E-state index contributed by atoms with van der Waals surface area (Å²) in [4.78, 5) is 0. The molecule has 8 heteroatoms. The molecule has 0 rings (SSSR count). The number of unbranched alkanes of at least 4 members (excludes halogenated alkanes) is 2. The highest BCUT2D eigenvalue weighted by atomic mass is 31.2. The highest BCUT2D eigenvalue weighted by Gasteiger charge is 2.19. The van der Waals surface area contributed by atoms with Crippen molar-refractivity contribution in [1.29, 1.82) is 0 Å². The van der Waals surface area contributed by atoms with Gasteiger partial charge in [-0.25, -0.2) is 0 Å². The fourth-order valence-corrected chi connectivity index (χ4v) is 4.47. The van der Waals surface area contributed by atoms with Gasteiger partial charge < -0.3 is 18.1 Å². The van der Waals surface area contributed by atoms with Crippen molar-refractivity contribution in [3.8, 4) is 0 Å². The van der Waals surface area contributed by atoms with E-state index in [1.54, 1.807) is 39.8 Å². The molecule has 0 atom stereocenters. The van der Waals surface area contributed by atoms with Crippen molar-refractivity contribution in [3.05, 3.63) is 23.8 Å². The maximum atomic E-state index is 12.2. The van der Waals surface area contributed by atoms with Crippen LogP contribution in [-0.4, -0.2) is 26.4 Å². The zero-order valence-electron chi connectivity index (χ0n) is 14.6. The lowest BCUT2D eigenvalue weighted by molar-refractivity contribution is 0.228. The van der Waals surface area contributed by atoms with Crippen LogP contribution < -0.4 is 0 Å². The first-order valence-electron chi connectivity index (χ1n) is 8.08. The van der Waals surface area contributed by atoms with E-state index in [1.807, 2.05) is 0 Å². The van der Waals surface area contributed by atoms with Crippen LogP contribution in [0.4, 0.5) is 0 Å². The Labute approximate surface area is 140 Å². The average Bonchev–Trinajstić information content (AvgIpc) is 2.47. The predicted molar refractivity (Wildman–Crippen MR) is 93.8 cm³/mol. The highest BCUT2D eigenvalue weighted by molar-refractivity contribution is 7.57. The van der Waals surface area contributed by atoms with Crippen LogP contribution >= 0.6 is 15.2 Å². The molecule has 0 aromatic heterocycles. The van der Waals surface area contributed by atoms with Crippen molar-refractivity contribution in [3.63, 3.8) is 0 Å². The Morgan fingerprint density at radius 2 is 0.957 bits per heavy atom. The molecule has 0 unspecified atom stereocenters. The Balaban J connectivity index is 4.25. The molecule has 136 valence electrons. The van der Waals surface area contributed by atoms with Crippen LogP contribution in [0, 0.1) is 0 Å². The fraction of sp³-hybridized carbons (Fsp3) is 0.733. The smallest absolute Gasteiger partial charge is 0.306 e. The summed E-state index contributed by atoms with van der Waals surface area (Å²) in [5, 5.41) is 0. The van der Waals surface area contributed by atoms with Gasteiger partial charge in [-0.15, -0.1) is 0 Å². The molecule has 0 radical (unpaired) electrons. The van der Waals surface area contributed by atoms with E-state index in [2.05, 4.69) is 0 Å². The van der Waals surface area contributed by atoms with Gasteiger partial charge in [0, 0.05) is 11.6 Å². The van der Waals surface area contributed by atoms with Gasteiger partial charge in [-0.3, -0.25) is 9.13 Å². The third-order valence-electron chi connectivity index (χ3n) is 2.55. The number of allylic oxidation sites excluding steroid dienone is 2. The molecule has 0 saturated carbocycles. The molecule has 0 amide bonds. The minimum Gasteiger partial charge on any atom is -0.306 e. The monoisotopic (exact) mass is 368 g/mol. The van der Waals surface area contributed by atoms with E-state index in [1.165, 1.54) is 11.6 Å². The molecule has 0 aliphatic carbocycles. The lowest BCUT2D eigenvalue weighted by atomic mass is 10.2. The topological polar surface area (TPSA) is 71.1 Å². The molecule has 0 spiro atoms. The number of hydrogen-bond donors (Lipinski definition) is 0. The van der Waals surface area contributed by atoms with E-state index in [4.69, 9.17) is 18.1 Å². The largest absolute Gasteiger partial charge is 0.353 e. The van der Waals surface area contributed by atoms with Crippen LogP contribution in [-0.2, 0) is 27.2 Å². The number of hydrogen-bond acceptors (Lipinski definition) is 6. The van der Waals surface area contributed by atoms with E-state index in [0.29, 0.717) is 26.4 Å². The maximum Gasteiger partial charge on any atom is 0.353 e. The van der Waals surface area contributed by atoms with Gasteiger partial charge in [0.25, 0.3) is 0 Å². The lowest BCUT2D eigenvalue weighted by Crippen LogP contribution is -1.92. The third-order valence-corrected chi connectivity index (χ3v) is 6.18. The van der Waals surface area contributed by atoms with Gasteiger partial charge in [-0.2, -0.15) is 0 Å². The van der Waals surface area contributed by atoms with Crippen LogP contribution in [0.2, 0.25) is 0 Å². The molecule has 0 heterocycles. The highest BCUT2D eigenvalue weighted by Crippen LogP contribution is 2.50. The molecule has 0 aromatic rings. The van der Waals surface area contributed by atoms with E-state index in [9.17, 15) is 9.13 Å². The van der Waals surface area contributed by atoms with Crippen molar-refractivity contribution in [2.75, 3.05) is 26.4 Å². The Bertz CT molecular complexity index is 387. The molecule has 23 heavy (non-hydrogen) atoms. The van der Waals surface area contributed by atoms with Gasteiger partial charge in [0.15, 0.2) is 0 Å². The quantitative estimate of drug-likeness (QED) is 0.289. The number of rotatable bonds is 14. The molecule has 0 aliphatic rings. The fourth-order valence-electron chi connectivity index (χ4n) is 1.73.